The molecule has 172 valence electrons. The number of hydrogen-bond acceptors (Lipinski definition) is 3. The summed E-state index contributed by atoms with van der Waals surface area (Å²) >= 11 is 0. The predicted molar refractivity (Wildman–Crippen MR) is 123 cm³/mol. The second-order valence-corrected chi connectivity index (χ2v) is 8.62. The van der Waals surface area contributed by atoms with Crippen molar-refractivity contribution in [1.29, 1.82) is 0 Å². The van der Waals surface area contributed by atoms with Crippen molar-refractivity contribution in [2.45, 2.75) is 44.9 Å². The number of benzene rings is 3. The van der Waals surface area contributed by atoms with Crippen LogP contribution in [0.25, 0.3) is 0 Å². The average Bonchev–Trinajstić information content (AvgIpc) is 2.79. The van der Waals surface area contributed by atoms with Crippen LogP contribution in [-0.2, 0) is 4.79 Å². The van der Waals surface area contributed by atoms with E-state index in [1.54, 1.807) is 29.2 Å². The zero-order valence-electron chi connectivity index (χ0n) is 18.6. The van der Waals surface area contributed by atoms with Crippen molar-refractivity contribution in [3.05, 3.63) is 95.6 Å². The average molecular weight is 452 g/mol. The van der Waals surface area contributed by atoms with Crippen molar-refractivity contribution in [1.82, 2.24) is 0 Å². The fourth-order valence-corrected chi connectivity index (χ4v) is 4.31. The van der Waals surface area contributed by atoms with E-state index in [0.717, 1.165) is 11.3 Å². The number of aliphatic hydroxyl groups is 1. The van der Waals surface area contributed by atoms with E-state index in [-0.39, 0.29) is 35.6 Å². The van der Waals surface area contributed by atoms with Crippen molar-refractivity contribution < 1.29 is 23.4 Å². The Morgan fingerprint density at radius 1 is 0.909 bits per heavy atom. The van der Waals surface area contributed by atoms with E-state index in [2.05, 4.69) is 0 Å². The third kappa shape index (κ3) is 5.06. The number of rotatable bonds is 8. The van der Waals surface area contributed by atoms with Gasteiger partial charge in [-0.15, -0.1) is 0 Å². The Bertz CT molecular complexity index is 1080. The quantitative estimate of drug-likeness (QED) is 0.429. The Hall–Kier alpha value is -3.25. The number of carbonyl (C=O) groups is 1. The molecule has 0 aliphatic carbocycles. The largest absolute Gasteiger partial charge is 0.491 e. The summed E-state index contributed by atoms with van der Waals surface area (Å²) < 4.78 is 32.4. The van der Waals surface area contributed by atoms with Crippen molar-refractivity contribution in [3.8, 4) is 5.75 Å². The number of β-lactam (4-membered cyclic amide) rings is 1. The van der Waals surface area contributed by atoms with Crippen LogP contribution in [0.3, 0.4) is 0 Å². The molecule has 1 aliphatic rings. The lowest BCUT2D eigenvalue weighted by molar-refractivity contribution is -0.131. The van der Waals surface area contributed by atoms with Crippen LogP contribution >= 0.6 is 0 Å². The summed E-state index contributed by atoms with van der Waals surface area (Å²) in [5.74, 6) is -0.379. The normalized spacial score (nSPS) is 18.8. The van der Waals surface area contributed by atoms with Gasteiger partial charge in [-0.3, -0.25) is 4.79 Å². The smallest absolute Gasteiger partial charge is 0.233 e. The van der Waals surface area contributed by atoms with E-state index in [1.165, 1.54) is 24.3 Å². The first-order chi connectivity index (χ1) is 15.8. The highest BCUT2D eigenvalue weighted by Gasteiger charge is 2.48. The fraction of sp³-hybridized carbons (Fsp3) is 0.296. The van der Waals surface area contributed by atoms with Crippen molar-refractivity contribution in [2.75, 3.05) is 4.90 Å². The molecule has 3 aromatic rings. The highest BCUT2D eigenvalue weighted by Crippen LogP contribution is 2.46. The number of aliphatic hydroxyl groups excluding tert-OH is 1. The zero-order chi connectivity index (χ0) is 23.5. The number of nitrogens with zero attached hydrogens (tertiary/aromatic N) is 1. The first kappa shape index (κ1) is 22.9. The predicted octanol–water partition coefficient (Wildman–Crippen LogP) is 5.97. The lowest BCUT2D eigenvalue weighted by Gasteiger charge is -2.48. The monoisotopic (exact) mass is 451 g/mol. The molecule has 0 saturated carbocycles. The molecule has 0 aromatic heterocycles. The van der Waals surface area contributed by atoms with E-state index in [4.69, 9.17) is 4.74 Å². The summed E-state index contributed by atoms with van der Waals surface area (Å²) in [6, 6.07) is 19.0. The second kappa shape index (κ2) is 9.71. The summed E-state index contributed by atoms with van der Waals surface area (Å²) in [7, 11) is 0. The molecule has 33 heavy (non-hydrogen) atoms. The van der Waals surface area contributed by atoms with Crippen LogP contribution in [0.1, 0.15) is 50.0 Å². The first-order valence-electron chi connectivity index (χ1n) is 11.1. The molecular weight excluding hydrogens is 424 g/mol. The number of carbonyl (C=O) groups excluding carboxylic acids is 1. The Kier molecular flexibility index (Phi) is 6.75. The highest BCUT2D eigenvalue weighted by molar-refractivity contribution is 6.03. The third-order valence-corrected chi connectivity index (χ3v) is 5.92. The van der Waals surface area contributed by atoms with Gasteiger partial charge >= 0.3 is 0 Å². The molecule has 1 N–H and O–H groups in total. The third-order valence-electron chi connectivity index (χ3n) is 5.92. The van der Waals surface area contributed by atoms with Crippen LogP contribution in [0.15, 0.2) is 72.8 Å². The topological polar surface area (TPSA) is 49.8 Å². The van der Waals surface area contributed by atoms with Gasteiger partial charge in [0, 0.05) is 5.69 Å². The van der Waals surface area contributed by atoms with E-state index in [1.807, 2.05) is 38.1 Å². The van der Waals surface area contributed by atoms with E-state index < -0.39 is 6.10 Å². The lowest BCUT2D eigenvalue weighted by atomic mass is 9.78. The molecule has 1 saturated heterocycles. The van der Waals surface area contributed by atoms with Gasteiger partial charge in [0.25, 0.3) is 0 Å². The summed E-state index contributed by atoms with van der Waals surface area (Å²) in [5, 5.41) is 10.6. The van der Waals surface area contributed by atoms with Gasteiger partial charge in [-0.25, -0.2) is 8.78 Å². The molecule has 0 bridgehead atoms. The fourth-order valence-electron chi connectivity index (χ4n) is 4.31. The van der Waals surface area contributed by atoms with Gasteiger partial charge in [0.15, 0.2) is 0 Å². The number of anilines is 1. The number of ether oxygens (including phenoxy) is 1. The van der Waals surface area contributed by atoms with Crippen LogP contribution in [0.4, 0.5) is 14.5 Å². The molecular formula is C27H27F2NO3. The minimum Gasteiger partial charge on any atom is -0.491 e. The molecule has 4 nitrogen and oxygen atoms in total. The van der Waals surface area contributed by atoms with Crippen LogP contribution in [0.2, 0.25) is 0 Å². The van der Waals surface area contributed by atoms with Crippen LogP contribution in [0, 0.1) is 17.6 Å². The maximum atomic E-state index is 13.4. The first-order valence-corrected chi connectivity index (χ1v) is 11.1. The minimum absolute atomic E-state index is 0.0533. The molecule has 0 unspecified atom stereocenters. The summed E-state index contributed by atoms with van der Waals surface area (Å²) in [4.78, 5) is 14.8. The Labute approximate surface area is 192 Å². The molecule has 3 atom stereocenters. The van der Waals surface area contributed by atoms with Gasteiger partial charge < -0.3 is 14.7 Å². The van der Waals surface area contributed by atoms with Crippen molar-refractivity contribution >= 4 is 11.6 Å². The van der Waals surface area contributed by atoms with Gasteiger partial charge in [-0.1, -0.05) is 24.3 Å². The Balaban J connectivity index is 1.55. The summed E-state index contributed by atoms with van der Waals surface area (Å²) in [5.41, 5.74) is 2.19. The van der Waals surface area contributed by atoms with E-state index in [9.17, 15) is 18.7 Å². The SMILES string of the molecule is CC(C)Oc1ccc([C@@H]2[C@@H](CC[C@H](O)c3ccc(F)cc3)C(=O)N2c2ccc(F)cc2)cc1. The maximum Gasteiger partial charge on any atom is 0.233 e. The number of amides is 1. The molecule has 4 rings (SSSR count). The van der Waals surface area contributed by atoms with Crippen LogP contribution in [0.5, 0.6) is 5.75 Å². The molecule has 0 radical (unpaired) electrons. The minimum atomic E-state index is -0.791. The van der Waals surface area contributed by atoms with Gasteiger partial charge in [-0.05, 0) is 86.3 Å². The molecule has 6 heteroatoms. The Morgan fingerprint density at radius 2 is 1.48 bits per heavy atom. The van der Waals surface area contributed by atoms with Crippen molar-refractivity contribution in [3.63, 3.8) is 0 Å². The summed E-state index contributed by atoms with van der Waals surface area (Å²) in [6.45, 7) is 3.91. The standard InChI is InChI=1S/C27H27F2NO3/c1-17(2)33-23-13-5-19(6-14-23)26-24(15-16-25(31)18-3-7-20(28)8-4-18)27(32)30(26)22-11-9-21(29)10-12-22/h3-14,17,24-26,31H,15-16H2,1-2H3/t24-,25+,26-/m1/s1. The zero-order valence-corrected chi connectivity index (χ0v) is 18.6. The number of halogens is 2. The highest BCUT2D eigenvalue weighted by atomic mass is 19.1. The van der Waals surface area contributed by atoms with E-state index in [0.29, 0.717) is 24.1 Å². The molecule has 1 heterocycles. The molecule has 1 amide bonds. The molecule has 1 fully saturated rings. The molecule has 1 aliphatic heterocycles. The van der Waals surface area contributed by atoms with Gasteiger partial charge in [-0.2, -0.15) is 0 Å². The summed E-state index contributed by atoms with van der Waals surface area (Å²) in [6.07, 6.45) is 0.0900. The second-order valence-electron chi connectivity index (χ2n) is 8.62. The number of hydrogen-bond donors (Lipinski definition) is 1. The van der Waals surface area contributed by atoms with Crippen LogP contribution in [-0.4, -0.2) is 17.1 Å². The van der Waals surface area contributed by atoms with Gasteiger partial charge in [0.05, 0.1) is 24.2 Å². The molecule has 3 aromatic carbocycles. The van der Waals surface area contributed by atoms with Gasteiger partial charge in [0.2, 0.25) is 5.91 Å². The van der Waals surface area contributed by atoms with Crippen molar-refractivity contribution in [2.24, 2.45) is 5.92 Å². The lowest BCUT2D eigenvalue weighted by Crippen LogP contribution is -2.55. The van der Waals surface area contributed by atoms with E-state index >= 15 is 0 Å². The maximum absolute atomic E-state index is 13.4. The Morgan fingerprint density at radius 3 is 2.06 bits per heavy atom. The van der Waals surface area contributed by atoms with Crippen LogP contribution < -0.4 is 9.64 Å². The van der Waals surface area contributed by atoms with Gasteiger partial charge in [0.1, 0.15) is 17.4 Å². The molecule has 0 spiro atoms.